The molecule has 2 saturated heterocycles. The smallest absolute Gasteiger partial charge is 0.224 e. The summed E-state index contributed by atoms with van der Waals surface area (Å²) in [6.07, 6.45) is 3.36. The van der Waals surface area contributed by atoms with E-state index in [1.54, 1.807) is 16.2 Å². The van der Waals surface area contributed by atoms with Gasteiger partial charge in [0.2, 0.25) is 5.91 Å². The minimum absolute atomic E-state index is 0.0529. The third-order valence-electron chi connectivity index (χ3n) is 5.26. The largest absolute Gasteiger partial charge is 0.378 e. The molecule has 2 aliphatic heterocycles. The van der Waals surface area contributed by atoms with Crippen molar-refractivity contribution in [1.29, 1.82) is 0 Å². The summed E-state index contributed by atoms with van der Waals surface area (Å²) < 4.78 is 19.7. The highest BCUT2D eigenvalue weighted by Gasteiger charge is 2.34. The van der Waals surface area contributed by atoms with Crippen molar-refractivity contribution in [2.75, 3.05) is 26.7 Å². The van der Waals surface area contributed by atoms with E-state index in [0.717, 1.165) is 38.1 Å². The van der Waals surface area contributed by atoms with Gasteiger partial charge in [-0.2, -0.15) is 0 Å². The second kappa shape index (κ2) is 8.56. The van der Waals surface area contributed by atoms with Crippen LogP contribution in [0.25, 0.3) is 0 Å². The fourth-order valence-electron chi connectivity index (χ4n) is 3.71. The maximum absolute atomic E-state index is 14.0. The molecule has 3 rings (SSSR count). The van der Waals surface area contributed by atoms with E-state index in [-0.39, 0.29) is 18.1 Å². The second-order valence-corrected chi connectivity index (χ2v) is 8.18. The fraction of sp³-hybridized carbons (Fsp3) is 0.778. The molecule has 2 fully saturated rings. The van der Waals surface area contributed by atoms with Crippen LogP contribution in [0.2, 0.25) is 0 Å². The molecule has 25 heavy (non-hydrogen) atoms. The number of rotatable bonds is 6. The van der Waals surface area contributed by atoms with Gasteiger partial charge in [0.15, 0.2) is 0 Å². The summed E-state index contributed by atoms with van der Waals surface area (Å²) in [6, 6.07) is 0.0673. The van der Waals surface area contributed by atoms with E-state index in [1.165, 1.54) is 4.88 Å². The molecule has 0 bridgehead atoms. The number of amides is 1. The van der Waals surface area contributed by atoms with E-state index < -0.39 is 6.17 Å². The quantitative estimate of drug-likeness (QED) is 0.774. The normalized spacial score (nSPS) is 27.6. The Hall–Kier alpha value is -1.05. The van der Waals surface area contributed by atoms with E-state index in [2.05, 4.69) is 9.88 Å². The minimum atomic E-state index is -0.816. The number of likely N-dealkylation sites (N-methyl/N-ethyl adjacent to an activating group) is 1. The van der Waals surface area contributed by atoms with Gasteiger partial charge in [0.05, 0.1) is 23.7 Å². The number of hydrogen-bond acceptors (Lipinski definition) is 5. The van der Waals surface area contributed by atoms with Gasteiger partial charge in [-0.15, -0.1) is 11.3 Å². The molecule has 1 aromatic rings. The average molecular weight is 370 g/mol. The van der Waals surface area contributed by atoms with Crippen molar-refractivity contribution >= 4 is 17.2 Å². The van der Waals surface area contributed by atoms with Crippen molar-refractivity contribution in [1.82, 2.24) is 14.8 Å². The van der Waals surface area contributed by atoms with Crippen LogP contribution in [-0.4, -0.2) is 65.8 Å². The third-order valence-corrected chi connectivity index (χ3v) is 6.17. The van der Waals surface area contributed by atoms with E-state index in [9.17, 15) is 9.18 Å². The van der Waals surface area contributed by atoms with E-state index >= 15 is 0 Å². The summed E-state index contributed by atoms with van der Waals surface area (Å²) in [5, 5.41) is 0. The first-order valence-corrected chi connectivity index (χ1v) is 10.0. The highest BCUT2D eigenvalue weighted by molar-refractivity contribution is 7.09. The Bertz CT molecular complexity index is 576. The molecule has 0 radical (unpaired) electrons. The zero-order valence-corrected chi connectivity index (χ0v) is 15.9. The van der Waals surface area contributed by atoms with Crippen molar-refractivity contribution in [2.24, 2.45) is 0 Å². The molecule has 1 amide bonds. The van der Waals surface area contributed by atoms with Gasteiger partial charge >= 0.3 is 0 Å². The van der Waals surface area contributed by atoms with Crippen LogP contribution in [0.4, 0.5) is 4.39 Å². The number of thiazole rings is 1. The minimum Gasteiger partial charge on any atom is -0.378 e. The number of carbonyl (C=O) groups excluding carboxylic acids is 1. The van der Waals surface area contributed by atoms with Crippen LogP contribution in [0.1, 0.15) is 42.7 Å². The fourth-order valence-corrected chi connectivity index (χ4v) is 4.51. The van der Waals surface area contributed by atoms with Crippen LogP contribution < -0.4 is 0 Å². The number of likely N-dealkylation sites (tertiary alicyclic amines) is 1. The molecule has 3 atom stereocenters. The summed E-state index contributed by atoms with van der Waals surface area (Å²) in [7, 11) is 1.83. The van der Waals surface area contributed by atoms with Crippen LogP contribution in [0.15, 0.2) is 5.51 Å². The van der Waals surface area contributed by atoms with Gasteiger partial charge in [-0.25, -0.2) is 9.37 Å². The Morgan fingerprint density at radius 2 is 2.36 bits per heavy atom. The van der Waals surface area contributed by atoms with Gasteiger partial charge < -0.3 is 9.64 Å². The van der Waals surface area contributed by atoms with Gasteiger partial charge in [0.25, 0.3) is 0 Å². The Morgan fingerprint density at radius 1 is 1.52 bits per heavy atom. The molecule has 140 valence electrons. The standard InChI is InChI=1S/C18H28FN3O2S/c1-13-17(25-12-20-13)11-22-9-14(19)7-15(22)10-21(2)18(23)8-16-5-3-4-6-24-16/h12,14-16H,3-11H2,1-2H3/t14-,15-,16-/m0/s1. The molecular weight excluding hydrogens is 341 g/mol. The van der Waals surface area contributed by atoms with Crippen LogP contribution in [-0.2, 0) is 16.1 Å². The molecule has 2 aliphatic rings. The zero-order chi connectivity index (χ0) is 17.8. The zero-order valence-electron chi connectivity index (χ0n) is 15.1. The summed E-state index contributed by atoms with van der Waals surface area (Å²) >= 11 is 1.62. The monoisotopic (exact) mass is 369 g/mol. The van der Waals surface area contributed by atoms with Crippen molar-refractivity contribution in [3.63, 3.8) is 0 Å². The first kappa shape index (κ1) is 18.7. The molecule has 1 aromatic heterocycles. The Morgan fingerprint density at radius 3 is 3.04 bits per heavy atom. The predicted molar refractivity (Wildman–Crippen MR) is 96.4 cm³/mol. The molecule has 0 aromatic carbocycles. The lowest BCUT2D eigenvalue weighted by Crippen LogP contribution is -2.42. The number of ether oxygens (including phenoxy) is 1. The van der Waals surface area contributed by atoms with Gasteiger partial charge in [-0.1, -0.05) is 0 Å². The SMILES string of the molecule is Cc1ncsc1CN1C[C@@H](F)C[C@H]1CN(C)C(=O)C[C@@H]1CCCCO1. The summed E-state index contributed by atoms with van der Waals surface area (Å²) in [6.45, 7) is 4.48. The number of carbonyl (C=O) groups is 1. The lowest BCUT2D eigenvalue weighted by molar-refractivity contribution is -0.134. The Labute approximate surface area is 153 Å². The molecular formula is C18H28FN3O2S. The van der Waals surface area contributed by atoms with Crippen molar-refractivity contribution in [2.45, 2.75) is 63.9 Å². The third kappa shape index (κ3) is 4.99. The molecule has 7 heteroatoms. The second-order valence-electron chi connectivity index (χ2n) is 7.24. The Balaban J connectivity index is 1.53. The van der Waals surface area contributed by atoms with E-state index in [0.29, 0.717) is 25.9 Å². The van der Waals surface area contributed by atoms with Crippen LogP contribution in [0.3, 0.4) is 0 Å². The van der Waals surface area contributed by atoms with Gasteiger partial charge in [-0.3, -0.25) is 9.69 Å². The molecule has 3 heterocycles. The van der Waals surface area contributed by atoms with Gasteiger partial charge in [-0.05, 0) is 32.6 Å². The number of hydrogen-bond donors (Lipinski definition) is 0. The predicted octanol–water partition coefficient (Wildman–Crippen LogP) is 2.78. The first-order valence-electron chi connectivity index (χ1n) is 9.15. The Kier molecular flexibility index (Phi) is 6.41. The molecule has 0 spiro atoms. The highest BCUT2D eigenvalue weighted by atomic mass is 32.1. The maximum atomic E-state index is 14.0. The average Bonchev–Trinajstić information content (AvgIpc) is 3.14. The lowest BCUT2D eigenvalue weighted by Gasteiger charge is -2.29. The van der Waals surface area contributed by atoms with Crippen LogP contribution in [0.5, 0.6) is 0 Å². The van der Waals surface area contributed by atoms with Crippen molar-refractivity contribution in [3.05, 3.63) is 16.1 Å². The van der Waals surface area contributed by atoms with Crippen LogP contribution >= 0.6 is 11.3 Å². The van der Waals surface area contributed by atoms with E-state index in [4.69, 9.17) is 4.74 Å². The number of halogens is 1. The highest BCUT2D eigenvalue weighted by Crippen LogP contribution is 2.26. The van der Waals surface area contributed by atoms with E-state index in [1.807, 2.05) is 19.5 Å². The van der Waals surface area contributed by atoms with Crippen molar-refractivity contribution < 1.29 is 13.9 Å². The van der Waals surface area contributed by atoms with Gasteiger partial charge in [0.1, 0.15) is 6.17 Å². The first-order chi connectivity index (χ1) is 12.0. The number of aromatic nitrogens is 1. The molecule has 0 unspecified atom stereocenters. The summed E-state index contributed by atoms with van der Waals surface area (Å²) in [5.41, 5.74) is 2.85. The summed E-state index contributed by atoms with van der Waals surface area (Å²) in [4.78, 5) is 21.9. The van der Waals surface area contributed by atoms with Crippen molar-refractivity contribution in [3.8, 4) is 0 Å². The number of alkyl halides is 1. The summed E-state index contributed by atoms with van der Waals surface area (Å²) in [5.74, 6) is 0.100. The van der Waals surface area contributed by atoms with Crippen LogP contribution in [0, 0.1) is 6.92 Å². The number of nitrogens with zero attached hydrogens (tertiary/aromatic N) is 3. The molecule has 0 saturated carbocycles. The lowest BCUT2D eigenvalue weighted by atomic mass is 10.1. The molecule has 0 N–H and O–H groups in total. The molecule has 0 aliphatic carbocycles. The topological polar surface area (TPSA) is 45.7 Å². The maximum Gasteiger partial charge on any atom is 0.224 e. The number of aryl methyl sites for hydroxylation is 1. The molecule has 5 nitrogen and oxygen atoms in total. The van der Waals surface area contributed by atoms with Gasteiger partial charge in [0, 0.05) is 44.2 Å².